The van der Waals surface area contributed by atoms with Crippen molar-refractivity contribution in [3.05, 3.63) is 94.0 Å². The van der Waals surface area contributed by atoms with E-state index in [4.69, 9.17) is 0 Å². The predicted octanol–water partition coefficient (Wildman–Crippen LogP) is 3.49. The summed E-state index contributed by atoms with van der Waals surface area (Å²) in [5.74, 6) is -1.60. The van der Waals surface area contributed by atoms with Gasteiger partial charge in [0.15, 0.2) is 0 Å². The van der Waals surface area contributed by atoms with Crippen molar-refractivity contribution < 1.29 is 24.0 Å². The molecular formula is C23H20N4O6. The summed E-state index contributed by atoms with van der Waals surface area (Å²) in [5, 5.41) is 19.5. The summed E-state index contributed by atoms with van der Waals surface area (Å²) in [6.45, 7) is -0.262. The number of esters is 1. The third kappa shape index (κ3) is 6.14. The quantitative estimate of drug-likeness (QED) is 0.272. The Morgan fingerprint density at radius 1 is 0.879 bits per heavy atom. The highest BCUT2D eigenvalue weighted by molar-refractivity contribution is 6.05. The minimum Gasteiger partial charge on any atom is -0.468 e. The minimum absolute atomic E-state index is 0.0974. The molecule has 2 amide bonds. The summed E-state index contributed by atoms with van der Waals surface area (Å²) in [6.07, 6.45) is 0. The molecule has 0 aromatic heterocycles. The van der Waals surface area contributed by atoms with Gasteiger partial charge in [-0.1, -0.05) is 18.2 Å². The van der Waals surface area contributed by atoms with E-state index >= 15 is 0 Å². The van der Waals surface area contributed by atoms with Crippen molar-refractivity contribution in [1.29, 1.82) is 0 Å². The standard InChI is InChI=1S/C23H20N4O6/c1-33-21(28)14-24-22(29)15-7-10-18(11-8-15)26-23(30)16-9-12-19(20(13-16)27(31)32)25-17-5-3-2-4-6-17/h2-13,25H,14H2,1H3,(H,24,29)(H,26,30). The zero-order valence-corrected chi connectivity index (χ0v) is 17.5. The number of para-hydroxylation sites is 1. The van der Waals surface area contributed by atoms with Crippen LogP contribution in [0, 0.1) is 10.1 Å². The molecule has 0 radical (unpaired) electrons. The lowest BCUT2D eigenvalue weighted by molar-refractivity contribution is -0.383. The van der Waals surface area contributed by atoms with Crippen LogP contribution in [-0.4, -0.2) is 36.4 Å². The van der Waals surface area contributed by atoms with Gasteiger partial charge < -0.3 is 20.7 Å². The highest BCUT2D eigenvalue weighted by Crippen LogP contribution is 2.29. The van der Waals surface area contributed by atoms with Crippen molar-refractivity contribution in [2.75, 3.05) is 24.3 Å². The Morgan fingerprint density at radius 3 is 2.18 bits per heavy atom. The normalized spacial score (nSPS) is 10.1. The van der Waals surface area contributed by atoms with Crippen molar-refractivity contribution in [2.24, 2.45) is 0 Å². The molecule has 0 unspecified atom stereocenters. The molecule has 0 saturated heterocycles. The van der Waals surface area contributed by atoms with Gasteiger partial charge in [-0.3, -0.25) is 24.5 Å². The lowest BCUT2D eigenvalue weighted by Gasteiger charge is -2.10. The topological polar surface area (TPSA) is 140 Å². The van der Waals surface area contributed by atoms with Crippen LogP contribution in [0.5, 0.6) is 0 Å². The number of hydrogen-bond donors (Lipinski definition) is 3. The van der Waals surface area contributed by atoms with Gasteiger partial charge in [0, 0.05) is 28.6 Å². The molecule has 0 atom stereocenters. The number of nitrogens with one attached hydrogen (secondary N) is 3. The Labute approximate surface area is 188 Å². The fourth-order valence-corrected chi connectivity index (χ4v) is 2.84. The van der Waals surface area contributed by atoms with Gasteiger partial charge in [-0.25, -0.2) is 0 Å². The molecule has 0 bridgehead atoms. The van der Waals surface area contributed by atoms with Crippen LogP contribution in [0.3, 0.4) is 0 Å². The van der Waals surface area contributed by atoms with E-state index in [1.54, 1.807) is 24.3 Å². The van der Waals surface area contributed by atoms with Crippen molar-refractivity contribution >= 4 is 40.5 Å². The lowest BCUT2D eigenvalue weighted by Crippen LogP contribution is -2.30. The van der Waals surface area contributed by atoms with Crippen LogP contribution < -0.4 is 16.0 Å². The number of hydrogen-bond acceptors (Lipinski definition) is 7. The first kappa shape index (κ1) is 22.9. The average Bonchev–Trinajstić information content (AvgIpc) is 2.83. The van der Waals surface area contributed by atoms with Crippen LogP contribution in [0.1, 0.15) is 20.7 Å². The SMILES string of the molecule is COC(=O)CNC(=O)c1ccc(NC(=O)c2ccc(Nc3ccccc3)c([N+](=O)[O-])c2)cc1. The molecule has 0 fully saturated rings. The van der Waals surface area contributed by atoms with E-state index in [0.717, 1.165) is 0 Å². The summed E-state index contributed by atoms with van der Waals surface area (Å²) in [7, 11) is 1.22. The van der Waals surface area contributed by atoms with Gasteiger partial charge in [0.05, 0.1) is 12.0 Å². The smallest absolute Gasteiger partial charge is 0.325 e. The molecule has 168 valence electrons. The Bertz CT molecular complexity index is 1180. The molecule has 0 heterocycles. The van der Waals surface area contributed by atoms with Crippen molar-refractivity contribution in [1.82, 2.24) is 5.32 Å². The Hall–Kier alpha value is -4.73. The van der Waals surface area contributed by atoms with E-state index in [9.17, 15) is 24.5 Å². The van der Waals surface area contributed by atoms with Crippen LogP contribution >= 0.6 is 0 Å². The molecule has 0 saturated carbocycles. The molecule has 33 heavy (non-hydrogen) atoms. The maximum atomic E-state index is 12.6. The first-order valence-corrected chi connectivity index (χ1v) is 9.74. The number of anilines is 3. The van der Waals surface area contributed by atoms with Crippen LogP contribution in [-0.2, 0) is 9.53 Å². The monoisotopic (exact) mass is 448 g/mol. The second-order valence-electron chi connectivity index (χ2n) is 6.77. The molecule has 0 aliphatic carbocycles. The lowest BCUT2D eigenvalue weighted by atomic mass is 10.1. The summed E-state index contributed by atoms with van der Waals surface area (Å²) in [5.41, 5.74) is 1.45. The second-order valence-corrected chi connectivity index (χ2v) is 6.77. The van der Waals surface area contributed by atoms with E-state index in [1.165, 1.54) is 49.6 Å². The highest BCUT2D eigenvalue weighted by atomic mass is 16.6. The van der Waals surface area contributed by atoms with Gasteiger partial charge in [0.25, 0.3) is 17.5 Å². The third-order valence-electron chi connectivity index (χ3n) is 4.54. The van der Waals surface area contributed by atoms with Gasteiger partial charge in [0.1, 0.15) is 12.2 Å². The summed E-state index contributed by atoms with van der Waals surface area (Å²) in [4.78, 5) is 46.7. The van der Waals surface area contributed by atoms with E-state index in [0.29, 0.717) is 11.4 Å². The zero-order chi connectivity index (χ0) is 23.8. The number of amides is 2. The third-order valence-corrected chi connectivity index (χ3v) is 4.54. The van der Waals surface area contributed by atoms with Crippen LogP contribution in [0.2, 0.25) is 0 Å². The molecule has 0 aliphatic heterocycles. The summed E-state index contributed by atoms with van der Waals surface area (Å²) in [6, 6.07) is 19.0. The van der Waals surface area contributed by atoms with Crippen LogP contribution in [0.4, 0.5) is 22.7 Å². The number of nitro benzene ring substituents is 1. The number of methoxy groups -OCH3 is 1. The number of rotatable bonds is 8. The molecule has 3 rings (SSSR count). The van der Waals surface area contributed by atoms with E-state index < -0.39 is 22.7 Å². The zero-order valence-electron chi connectivity index (χ0n) is 17.5. The molecule has 3 aromatic rings. The number of nitro groups is 1. The summed E-state index contributed by atoms with van der Waals surface area (Å²) < 4.78 is 4.45. The Kier molecular flexibility index (Phi) is 7.32. The Morgan fingerprint density at radius 2 is 1.55 bits per heavy atom. The number of benzene rings is 3. The first-order chi connectivity index (χ1) is 15.9. The maximum Gasteiger partial charge on any atom is 0.325 e. The van der Waals surface area contributed by atoms with E-state index in [-0.39, 0.29) is 29.0 Å². The van der Waals surface area contributed by atoms with Crippen molar-refractivity contribution in [3.8, 4) is 0 Å². The van der Waals surface area contributed by atoms with Gasteiger partial charge in [0.2, 0.25) is 0 Å². The molecule has 3 aromatic carbocycles. The summed E-state index contributed by atoms with van der Waals surface area (Å²) >= 11 is 0. The Balaban J connectivity index is 1.69. The molecule has 10 heteroatoms. The van der Waals surface area contributed by atoms with E-state index in [2.05, 4.69) is 20.7 Å². The van der Waals surface area contributed by atoms with Crippen LogP contribution in [0.25, 0.3) is 0 Å². The number of nitrogens with zero attached hydrogens (tertiary/aromatic N) is 1. The van der Waals surface area contributed by atoms with Gasteiger partial charge in [-0.2, -0.15) is 0 Å². The van der Waals surface area contributed by atoms with E-state index in [1.807, 2.05) is 6.07 Å². The molecule has 3 N–H and O–H groups in total. The first-order valence-electron chi connectivity index (χ1n) is 9.74. The average molecular weight is 448 g/mol. The molecular weight excluding hydrogens is 428 g/mol. The fourth-order valence-electron chi connectivity index (χ4n) is 2.84. The predicted molar refractivity (Wildman–Crippen MR) is 122 cm³/mol. The van der Waals surface area contributed by atoms with Crippen molar-refractivity contribution in [2.45, 2.75) is 0 Å². The molecule has 10 nitrogen and oxygen atoms in total. The van der Waals surface area contributed by atoms with Gasteiger partial charge >= 0.3 is 5.97 Å². The second kappa shape index (κ2) is 10.5. The molecule has 0 aliphatic rings. The van der Waals surface area contributed by atoms with Crippen LogP contribution in [0.15, 0.2) is 72.8 Å². The maximum absolute atomic E-state index is 12.6. The minimum atomic E-state index is -0.577. The van der Waals surface area contributed by atoms with Gasteiger partial charge in [-0.15, -0.1) is 0 Å². The van der Waals surface area contributed by atoms with Crippen molar-refractivity contribution in [3.63, 3.8) is 0 Å². The molecule has 0 spiro atoms. The van der Waals surface area contributed by atoms with Gasteiger partial charge in [-0.05, 0) is 48.5 Å². The number of carbonyl (C=O) groups excluding carboxylic acids is 3. The largest absolute Gasteiger partial charge is 0.468 e. The number of ether oxygens (including phenoxy) is 1. The highest BCUT2D eigenvalue weighted by Gasteiger charge is 2.18. The fraction of sp³-hybridized carbons (Fsp3) is 0.0870. The number of carbonyl (C=O) groups is 3.